The monoisotopic (exact) mass is 286 g/mol. The SMILES string of the molecule is CCCNC(C)(CC(C)N1CCOC(C)C1)C(=O)OC. The maximum absolute atomic E-state index is 12.1. The Morgan fingerprint density at radius 1 is 1.60 bits per heavy atom. The summed E-state index contributed by atoms with van der Waals surface area (Å²) >= 11 is 0. The number of carbonyl (C=O) groups excluding carboxylic acids is 1. The minimum atomic E-state index is -0.619. The summed E-state index contributed by atoms with van der Waals surface area (Å²) in [4.78, 5) is 14.5. The van der Waals surface area contributed by atoms with Crippen LogP contribution in [0.25, 0.3) is 0 Å². The summed E-state index contributed by atoms with van der Waals surface area (Å²) in [5.41, 5.74) is -0.619. The van der Waals surface area contributed by atoms with Gasteiger partial charge in [0.2, 0.25) is 0 Å². The number of esters is 1. The Morgan fingerprint density at radius 3 is 2.85 bits per heavy atom. The number of morpholine rings is 1. The molecular formula is C15H30N2O3. The van der Waals surface area contributed by atoms with Crippen LogP contribution >= 0.6 is 0 Å². The van der Waals surface area contributed by atoms with Crippen LogP contribution < -0.4 is 5.32 Å². The molecule has 5 nitrogen and oxygen atoms in total. The first-order chi connectivity index (χ1) is 9.42. The lowest BCUT2D eigenvalue weighted by atomic mass is 9.92. The van der Waals surface area contributed by atoms with Gasteiger partial charge in [-0.3, -0.25) is 9.69 Å². The summed E-state index contributed by atoms with van der Waals surface area (Å²) in [5.74, 6) is -0.181. The second-order valence-electron chi connectivity index (χ2n) is 5.98. The number of carbonyl (C=O) groups is 1. The van der Waals surface area contributed by atoms with Crippen molar-refractivity contribution in [3.63, 3.8) is 0 Å². The summed E-state index contributed by atoms with van der Waals surface area (Å²) in [6.45, 7) is 11.7. The Labute approximate surface area is 123 Å². The Balaban J connectivity index is 2.65. The van der Waals surface area contributed by atoms with Crippen LogP contribution in [-0.4, -0.2) is 61.9 Å². The first-order valence-electron chi connectivity index (χ1n) is 7.62. The van der Waals surface area contributed by atoms with Gasteiger partial charge in [-0.1, -0.05) is 6.92 Å². The fourth-order valence-corrected chi connectivity index (χ4v) is 2.82. The third-order valence-electron chi connectivity index (χ3n) is 4.00. The highest BCUT2D eigenvalue weighted by Gasteiger charge is 2.37. The maximum Gasteiger partial charge on any atom is 0.325 e. The maximum atomic E-state index is 12.1. The van der Waals surface area contributed by atoms with Crippen LogP contribution in [0.1, 0.15) is 40.5 Å². The lowest BCUT2D eigenvalue weighted by Gasteiger charge is -2.39. The quantitative estimate of drug-likeness (QED) is 0.717. The molecule has 118 valence electrons. The highest BCUT2D eigenvalue weighted by Crippen LogP contribution is 2.20. The van der Waals surface area contributed by atoms with E-state index >= 15 is 0 Å². The molecule has 20 heavy (non-hydrogen) atoms. The lowest BCUT2D eigenvalue weighted by Crippen LogP contribution is -2.56. The fraction of sp³-hybridized carbons (Fsp3) is 0.933. The predicted octanol–water partition coefficient (Wildman–Crippen LogP) is 1.42. The van der Waals surface area contributed by atoms with Gasteiger partial charge in [0.1, 0.15) is 5.54 Å². The molecule has 1 fully saturated rings. The number of ether oxygens (including phenoxy) is 2. The van der Waals surface area contributed by atoms with Crippen LogP contribution in [0.15, 0.2) is 0 Å². The zero-order valence-electron chi connectivity index (χ0n) is 13.6. The van der Waals surface area contributed by atoms with Crippen LogP contribution in [0.5, 0.6) is 0 Å². The van der Waals surface area contributed by atoms with Crippen molar-refractivity contribution in [1.29, 1.82) is 0 Å². The summed E-state index contributed by atoms with van der Waals surface area (Å²) in [6, 6.07) is 0.315. The average Bonchev–Trinajstić information content (AvgIpc) is 2.44. The van der Waals surface area contributed by atoms with Gasteiger partial charge in [0, 0.05) is 19.1 Å². The minimum Gasteiger partial charge on any atom is -0.468 e. The molecule has 1 rings (SSSR count). The molecule has 3 atom stereocenters. The smallest absolute Gasteiger partial charge is 0.325 e. The molecule has 1 aliphatic heterocycles. The third-order valence-corrected chi connectivity index (χ3v) is 4.00. The van der Waals surface area contributed by atoms with E-state index in [9.17, 15) is 4.79 Å². The molecule has 0 aromatic carbocycles. The van der Waals surface area contributed by atoms with Crippen molar-refractivity contribution in [2.24, 2.45) is 0 Å². The van der Waals surface area contributed by atoms with E-state index in [1.54, 1.807) is 0 Å². The molecule has 0 amide bonds. The summed E-state index contributed by atoms with van der Waals surface area (Å²) in [5, 5.41) is 3.35. The van der Waals surface area contributed by atoms with Gasteiger partial charge in [-0.15, -0.1) is 0 Å². The highest BCUT2D eigenvalue weighted by molar-refractivity contribution is 5.80. The number of nitrogens with zero attached hydrogens (tertiary/aromatic N) is 1. The molecule has 0 saturated carbocycles. The fourth-order valence-electron chi connectivity index (χ4n) is 2.82. The van der Waals surface area contributed by atoms with Crippen LogP contribution in [-0.2, 0) is 14.3 Å². The zero-order valence-corrected chi connectivity index (χ0v) is 13.6. The Hall–Kier alpha value is -0.650. The van der Waals surface area contributed by atoms with Crippen LogP contribution in [0.3, 0.4) is 0 Å². The topological polar surface area (TPSA) is 50.8 Å². The van der Waals surface area contributed by atoms with Crippen molar-refractivity contribution in [1.82, 2.24) is 10.2 Å². The highest BCUT2D eigenvalue weighted by atomic mass is 16.5. The van der Waals surface area contributed by atoms with Crippen LogP contribution in [0.2, 0.25) is 0 Å². The van der Waals surface area contributed by atoms with Crippen molar-refractivity contribution in [3.05, 3.63) is 0 Å². The van der Waals surface area contributed by atoms with E-state index < -0.39 is 5.54 Å². The lowest BCUT2D eigenvalue weighted by molar-refractivity contribution is -0.149. The molecule has 1 heterocycles. The van der Waals surface area contributed by atoms with E-state index in [4.69, 9.17) is 9.47 Å². The van der Waals surface area contributed by atoms with Crippen molar-refractivity contribution in [3.8, 4) is 0 Å². The molecule has 1 saturated heterocycles. The van der Waals surface area contributed by atoms with E-state index in [2.05, 4.69) is 31.0 Å². The molecule has 0 radical (unpaired) electrons. The van der Waals surface area contributed by atoms with Gasteiger partial charge in [0.05, 0.1) is 19.8 Å². The Bertz CT molecular complexity index is 311. The van der Waals surface area contributed by atoms with Crippen molar-refractivity contribution in [2.45, 2.75) is 58.2 Å². The molecular weight excluding hydrogens is 256 g/mol. The van der Waals surface area contributed by atoms with Crippen molar-refractivity contribution >= 4 is 5.97 Å². The second kappa shape index (κ2) is 7.96. The van der Waals surface area contributed by atoms with Gasteiger partial charge in [0.25, 0.3) is 0 Å². The first kappa shape index (κ1) is 17.4. The van der Waals surface area contributed by atoms with E-state index in [1.165, 1.54) is 7.11 Å². The van der Waals surface area contributed by atoms with Crippen molar-refractivity contribution in [2.75, 3.05) is 33.4 Å². The minimum absolute atomic E-state index is 0.181. The van der Waals surface area contributed by atoms with Gasteiger partial charge in [-0.05, 0) is 40.2 Å². The van der Waals surface area contributed by atoms with Gasteiger partial charge in [0.15, 0.2) is 0 Å². The first-order valence-corrected chi connectivity index (χ1v) is 7.62. The molecule has 0 aromatic heterocycles. The standard InChI is InChI=1S/C15H30N2O3/c1-6-7-16-15(4,14(18)19-5)10-12(2)17-8-9-20-13(3)11-17/h12-13,16H,6-11H2,1-5H3. The molecule has 0 bridgehead atoms. The molecule has 1 aliphatic rings. The third kappa shape index (κ3) is 4.72. The molecule has 0 aliphatic carbocycles. The average molecular weight is 286 g/mol. The van der Waals surface area contributed by atoms with Crippen LogP contribution in [0, 0.1) is 0 Å². The van der Waals surface area contributed by atoms with E-state index in [0.717, 1.165) is 39.1 Å². The summed E-state index contributed by atoms with van der Waals surface area (Å²) in [6.07, 6.45) is 2.00. The molecule has 3 unspecified atom stereocenters. The summed E-state index contributed by atoms with van der Waals surface area (Å²) in [7, 11) is 1.45. The number of methoxy groups -OCH3 is 1. The van der Waals surface area contributed by atoms with Crippen molar-refractivity contribution < 1.29 is 14.3 Å². The number of nitrogens with one attached hydrogen (secondary N) is 1. The van der Waals surface area contributed by atoms with Gasteiger partial charge < -0.3 is 14.8 Å². The number of hydrogen-bond donors (Lipinski definition) is 1. The Morgan fingerprint density at radius 2 is 2.30 bits per heavy atom. The van der Waals surface area contributed by atoms with E-state index in [-0.39, 0.29) is 12.1 Å². The Kier molecular flexibility index (Phi) is 6.92. The van der Waals surface area contributed by atoms with Gasteiger partial charge in [-0.25, -0.2) is 0 Å². The molecule has 0 spiro atoms. The predicted molar refractivity (Wildman–Crippen MR) is 79.8 cm³/mol. The van der Waals surface area contributed by atoms with E-state index in [1.807, 2.05) is 6.92 Å². The van der Waals surface area contributed by atoms with Crippen LogP contribution in [0.4, 0.5) is 0 Å². The summed E-state index contributed by atoms with van der Waals surface area (Å²) < 4.78 is 10.6. The largest absolute Gasteiger partial charge is 0.468 e. The number of rotatable bonds is 7. The van der Waals surface area contributed by atoms with E-state index in [0.29, 0.717) is 6.04 Å². The normalized spacial score (nSPS) is 24.9. The van der Waals surface area contributed by atoms with Gasteiger partial charge >= 0.3 is 5.97 Å². The zero-order chi connectivity index (χ0) is 15.2. The molecule has 0 aromatic rings. The second-order valence-corrected chi connectivity index (χ2v) is 5.98. The molecule has 5 heteroatoms. The number of hydrogen-bond acceptors (Lipinski definition) is 5. The molecule has 1 N–H and O–H groups in total. The van der Waals surface area contributed by atoms with Gasteiger partial charge in [-0.2, -0.15) is 0 Å².